The van der Waals surface area contributed by atoms with Crippen LogP contribution in [0.3, 0.4) is 0 Å². The van der Waals surface area contributed by atoms with Crippen LogP contribution in [0, 0.1) is 6.92 Å². The van der Waals surface area contributed by atoms with E-state index in [1.807, 2.05) is 17.8 Å². The van der Waals surface area contributed by atoms with Gasteiger partial charge in [0.25, 0.3) is 10.1 Å². The number of nitrogens with zero attached hydrogens (tertiary/aromatic N) is 2. The fourth-order valence-corrected chi connectivity index (χ4v) is 1.85. The molecule has 0 saturated carbocycles. The number of aromatic nitrogens is 2. The van der Waals surface area contributed by atoms with Crippen molar-refractivity contribution in [1.29, 1.82) is 0 Å². The zero-order valence-electron chi connectivity index (χ0n) is 10.6. The molecular weight excluding hydrogens is 240 g/mol. The van der Waals surface area contributed by atoms with E-state index in [0.29, 0.717) is 0 Å². The SMILES string of the molecule is CCCCCn1cc(COS(C)(=O)=O)c(C)n1. The van der Waals surface area contributed by atoms with E-state index in [4.69, 9.17) is 4.18 Å². The minimum Gasteiger partial charge on any atom is -0.272 e. The van der Waals surface area contributed by atoms with Crippen molar-refractivity contribution < 1.29 is 12.6 Å². The zero-order chi connectivity index (χ0) is 12.9. The van der Waals surface area contributed by atoms with E-state index >= 15 is 0 Å². The first-order valence-corrected chi connectivity index (χ1v) is 7.61. The number of hydrogen-bond acceptors (Lipinski definition) is 4. The molecule has 0 fully saturated rings. The molecule has 17 heavy (non-hydrogen) atoms. The standard InChI is InChI=1S/C11H20N2O3S/c1-4-5-6-7-13-8-11(10(2)12-13)9-16-17(3,14)15/h8H,4-7,9H2,1-3H3. The van der Waals surface area contributed by atoms with Crippen LogP contribution in [-0.4, -0.2) is 24.5 Å². The first-order chi connectivity index (χ1) is 7.92. The van der Waals surface area contributed by atoms with E-state index in [9.17, 15) is 8.42 Å². The Morgan fingerprint density at radius 2 is 2.12 bits per heavy atom. The van der Waals surface area contributed by atoms with Crippen molar-refractivity contribution >= 4 is 10.1 Å². The van der Waals surface area contributed by atoms with E-state index in [1.165, 1.54) is 12.8 Å². The third-order valence-corrected chi connectivity index (χ3v) is 3.01. The molecular formula is C11H20N2O3S. The molecule has 0 spiro atoms. The predicted molar refractivity (Wildman–Crippen MR) is 66.1 cm³/mol. The van der Waals surface area contributed by atoms with Crippen molar-refractivity contribution in [2.45, 2.75) is 46.3 Å². The molecule has 0 unspecified atom stereocenters. The monoisotopic (exact) mass is 260 g/mol. The van der Waals surface area contributed by atoms with E-state index in [0.717, 1.165) is 30.5 Å². The first kappa shape index (κ1) is 14.2. The summed E-state index contributed by atoms with van der Waals surface area (Å²) in [6.45, 7) is 4.95. The molecule has 98 valence electrons. The Morgan fingerprint density at radius 1 is 1.41 bits per heavy atom. The van der Waals surface area contributed by atoms with Gasteiger partial charge in [0.15, 0.2) is 0 Å². The lowest BCUT2D eigenvalue weighted by Gasteiger charge is -1.99. The summed E-state index contributed by atoms with van der Waals surface area (Å²) in [6.07, 6.45) is 6.34. The highest BCUT2D eigenvalue weighted by atomic mass is 32.2. The van der Waals surface area contributed by atoms with Crippen LogP contribution in [-0.2, 0) is 27.5 Å². The highest BCUT2D eigenvalue weighted by Gasteiger charge is 2.08. The van der Waals surface area contributed by atoms with Crippen molar-refractivity contribution in [2.75, 3.05) is 6.26 Å². The smallest absolute Gasteiger partial charge is 0.264 e. The maximum Gasteiger partial charge on any atom is 0.264 e. The van der Waals surface area contributed by atoms with Crippen LogP contribution in [0.25, 0.3) is 0 Å². The lowest BCUT2D eigenvalue weighted by atomic mass is 10.2. The van der Waals surface area contributed by atoms with Gasteiger partial charge in [0.2, 0.25) is 0 Å². The Morgan fingerprint density at radius 3 is 2.71 bits per heavy atom. The minimum atomic E-state index is -3.39. The maximum absolute atomic E-state index is 10.9. The summed E-state index contributed by atoms with van der Waals surface area (Å²) < 4.78 is 28.4. The van der Waals surface area contributed by atoms with Gasteiger partial charge < -0.3 is 0 Å². The molecule has 6 heteroatoms. The Bertz CT molecular complexity index is 451. The van der Waals surface area contributed by atoms with E-state index < -0.39 is 10.1 Å². The van der Waals surface area contributed by atoms with E-state index in [2.05, 4.69) is 12.0 Å². The fraction of sp³-hybridized carbons (Fsp3) is 0.727. The van der Waals surface area contributed by atoms with Crippen molar-refractivity contribution in [3.05, 3.63) is 17.5 Å². The molecule has 1 aromatic heterocycles. The van der Waals surface area contributed by atoms with Gasteiger partial charge in [-0.05, 0) is 13.3 Å². The lowest BCUT2D eigenvalue weighted by molar-refractivity contribution is 0.311. The molecule has 5 nitrogen and oxygen atoms in total. The second-order valence-corrected chi connectivity index (χ2v) is 5.82. The molecule has 1 aromatic rings. The van der Waals surface area contributed by atoms with Gasteiger partial charge in [0, 0.05) is 18.3 Å². The predicted octanol–water partition coefficient (Wildman–Crippen LogP) is 1.86. The average Bonchev–Trinajstić information content (AvgIpc) is 2.56. The Balaban J connectivity index is 2.56. The maximum atomic E-state index is 10.9. The van der Waals surface area contributed by atoms with Crippen molar-refractivity contribution in [3.8, 4) is 0 Å². The molecule has 0 aromatic carbocycles. The van der Waals surface area contributed by atoms with Gasteiger partial charge in [-0.2, -0.15) is 13.5 Å². The van der Waals surface area contributed by atoms with Gasteiger partial charge in [0.05, 0.1) is 18.6 Å². The summed E-state index contributed by atoms with van der Waals surface area (Å²) in [5.74, 6) is 0. The number of unbranched alkanes of at least 4 members (excludes halogenated alkanes) is 2. The number of rotatable bonds is 7. The highest BCUT2D eigenvalue weighted by Crippen LogP contribution is 2.09. The summed E-state index contributed by atoms with van der Waals surface area (Å²) in [4.78, 5) is 0. The molecule has 0 atom stereocenters. The molecule has 0 aliphatic heterocycles. The molecule has 0 saturated heterocycles. The Labute approximate surface area is 103 Å². The quantitative estimate of drug-likeness (QED) is 0.554. The Kier molecular flexibility index (Phi) is 5.14. The molecule has 1 rings (SSSR count). The van der Waals surface area contributed by atoms with E-state index in [-0.39, 0.29) is 6.61 Å². The lowest BCUT2D eigenvalue weighted by Crippen LogP contribution is -2.02. The molecule has 0 N–H and O–H groups in total. The van der Waals surface area contributed by atoms with Gasteiger partial charge in [-0.3, -0.25) is 8.86 Å². The average molecular weight is 260 g/mol. The molecule has 0 aliphatic carbocycles. The summed E-state index contributed by atoms with van der Waals surface area (Å²) in [5, 5.41) is 4.32. The third kappa shape index (κ3) is 5.32. The normalized spacial score (nSPS) is 11.9. The molecule has 1 heterocycles. The van der Waals surface area contributed by atoms with Crippen LogP contribution < -0.4 is 0 Å². The van der Waals surface area contributed by atoms with Crippen molar-refractivity contribution in [3.63, 3.8) is 0 Å². The summed E-state index contributed by atoms with van der Waals surface area (Å²) in [7, 11) is -3.39. The topological polar surface area (TPSA) is 61.2 Å². The Hall–Kier alpha value is -0.880. The largest absolute Gasteiger partial charge is 0.272 e. The second-order valence-electron chi connectivity index (χ2n) is 4.18. The van der Waals surface area contributed by atoms with Gasteiger partial charge in [-0.15, -0.1) is 0 Å². The molecule has 0 amide bonds. The van der Waals surface area contributed by atoms with Gasteiger partial charge in [-0.25, -0.2) is 0 Å². The van der Waals surface area contributed by atoms with Crippen LogP contribution >= 0.6 is 0 Å². The second kappa shape index (κ2) is 6.16. The van der Waals surface area contributed by atoms with Gasteiger partial charge in [0.1, 0.15) is 0 Å². The minimum absolute atomic E-state index is 0.0679. The van der Waals surface area contributed by atoms with Gasteiger partial charge in [-0.1, -0.05) is 19.8 Å². The van der Waals surface area contributed by atoms with Crippen molar-refractivity contribution in [1.82, 2.24) is 9.78 Å². The van der Waals surface area contributed by atoms with Crippen LogP contribution in [0.5, 0.6) is 0 Å². The fourth-order valence-electron chi connectivity index (χ4n) is 1.51. The van der Waals surface area contributed by atoms with E-state index in [1.54, 1.807) is 0 Å². The van der Waals surface area contributed by atoms with Crippen molar-refractivity contribution in [2.24, 2.45) is 0 Å². The highest BCUT2D eigenvalue weighted by molar-refractivity contribution is 7.85. The third-order valence-electron chi connectivity index (χ3n) is 2.47. The summed E-state index contributed by atoms with van der Waals surface area (Å²) >= 11 is 0. The van der Waals surface area contributed by atoms with Crippen LogP contribution in [0.2, 0.25) is 0 Å². The molecule has 0 bridgehead atoms. The zero-order valence-corrected chi connectivity index (χ0v) is 11.5. The van der Waals surface area contributed by atoms with Crippen LogP contribution in [0.15, 0.2) is 6.20 Å². The number of hydrogen-bond donors (Lipinski definition) is 0. The van der Waals surface area contributed by atoms with Crippen LogP contribution in [0.1, 0.15) is 37.4 Å². The molecule has 0 aliphatic rings. The summed E-state index contributed by atoms with van der Waals surface area (Å²) in [5.41, 5.74) is 1.65. The summed E-state index contributed by atoms with van der Waals surface area (Å²) in [6, 6.07) is 0. The number of aryl methyl sites for hydroxylation is 2. The first-order valence-electron chi connectivity index (χ1n) is 5.79. The van der Waals surface area contributed by atoms with Crippen LogP contribution in [0.4, 0.5) is 0 Å². The molecule has 0 radical (unpaired) electrons. The van der Waals surface area contributed by atoms with Gasteiger partial charge >= 0.3 is 0 Å².